The smallest absolute Gasteiger partial charge is 0.0493 e. The third kappa shape index (κ3) is 3.06. The molecular formula is C18H12S4. The van der Waals surface area contributed by atoms with Crippen LogP contribution in [0.4, 0.5) is 0 Å². The van der Waals surface area contributed by atoms with Gasteiger partial charge in [0, 0.05) is 8.47 Å². The van der Waals surface area contributed by atoms with E-state index in [1.54, 1.807) is 47.0 Å². The third-order valence-corrected chi connectivity index (χ3v) is 7.35. The van der Waals surface area contributed by atoms with E-state index in [1.165, 1.54) is 30.7 Å². The van der Waals surface area contributed by atoms with E-state index in [0.29, 0.717) is 0 Å². The molecule has 0 saturated heterocycles. The van der Waals surface area contributed by atoms with E-state index in [1.807, 2.05) is 0 Å². The molecule has 0 aromatic carbocycles. The number of hydrogen-bond acceptors (Lipinski definition) is 4. The van der Waals surface area contributed by atoms with Crippen molar-refractivity contribution in [3.63, 3.8) is 0 Å². The minimum atomic E-state index is 1.30. The molecule has 4 rings (SSSR count). The van der Waals surface area contributed by atoms with Crippen molar-refractivity contribution < 1.29 is 0 Å². The average molecular weight is 357 g/mol. The Hall–Kier alpha value is -0.940. The SMILES string of the molecule is C1=CSC(=Cc2cc(C=C3SC=CS3)c3cccccc2-3)S1. The lowest BCUT2D eigenvalue weighted by Crippen LogP contribution is -1.73. The summed E-state index contributed by atoms with van der Waals surface area (Å²) in [5, 5.41) is 8.56. The summed E-state index contributed by atoms with van der Waals surface area (Å²) >= 11 is 7.18. The summed E-state index contributed by atoms with van der Waals surface area (Å²) in [7, 11) is 0. The molecule has 0 nitrogen and oxygen atoms in total. The Bertz CT molecular complexity index is 715. The molecule has 0 radical (unpaired) electrons. The molecule has 0 N–H and O–H groups in total. The molecule has 22 heavy (non-hydrogen) atoms. The normalized spacial score (nSPS) is 16.7. The lowest BCUT2D eigenvalue weighted by molar-refractivity contribution is 1.79. The van der Waals surface area contributed by atoms with Gasteiger partial charge in [0.1, 0.15) is 0 Å². The second kappa shape index (κ2) is 6.67. The van der Waals surface area contributed by atoms with Gasteiger partial charge in [0.25, 0.3) is 0 Å². The van der Waals surface area contributed by atoms with Crippen LogP contribution in [0.1, 0.15) is 11.1 Å². The number of fused-ring (bicyclic) bond motifs is 1. The summed E-state index contributed by atoms with van der Waals surface area (Å²) in [6, 6.07) is 13.1. The monoisotopic (exact) mass is 356 g/mol. The van der Waals surface area contributed by atoms with Crippen molar-refractivity contribution in [1.82, 2.24) is 0 Å². The second-order valence-corrected chi connectivity index (χ2v) is 9.04. The number of rotatable bonds is 2. The maximum absolute atomic E-state index is 2.31. The molecule has 2 heterocycles. The van der Waals surface area contributed by atoms with Gasteiger partial charge < -0.3 is 0 Å². The topological polar surface area (TPSA) is 0 Å². The minimum Gasteiger partial charge on any atom is -0.0902 e. The summed E-state index contributed by atoms with van der Waals surface area (Å²) in [6.45, 7) is 0. The predicted molar refractivity (Wildman–Crippen MR) is 108 cm³/mol. The van der Waals surface area contributed by atoms with Crippen LogP contribution in [-0.4, -0.2) is 0 Å². The van der Waals surface area contributed by atoms with Gasteiger partial charge in [0.2, 0.25) is 0 Å². The number of hydrogen-bond donors (Lipinski definition) is 0. The van der Waals surface area contributed by atoms with Crippen LogP contribution in [0.15, 0.2) is 66.5 Å². The zero-order valence-electron chi connectivity index (χ0n) is 11.6. The van der Waals surface area contributed by atoms with E-state index in [0.717, 1.165) is 0 Å². The third-order valence-electron chi connectivity index (χ3n) is 3.37. The van der Waals surface area contributed by atoms with Crippen molar-refractivity contribution in [2.75, 3.05) is 0 Å². The van der Waals surface area contributed by atoms with Crippen LogP contribution in [0.2, 0.25) is 0 Å². The molecule has 108 valence electrons. The highest BCUT2D eigenvalue weighted by Crippen LogP contribution is 2.44. The zero-order valence-corrected chi connectivity index (χ0v) is 14.8. The quantitative estimate of drug-likeness (QED) is 0.553. The summed E-state index contributed by atoms with van der Waals surface area (Å²) in [6.07, 6.45) is 4.60. The Balaban J connectivity index is 1.80. The Morgan fingerprint density at radius 1 is 0.591 bits per heavy atom. The van der Waals surface area contributed by atoms with Crippen LogP contribution in [-0.2, 0) is 0 Å². The van der Waals surface area contributed by atoms with Gasteiger partial charge in [0.05, 0.1) is 0 Å². The molecule has 0 atom stereocenters. The Morgan fingerprint density at radius 2 is 1.05 bits per heavy atom. The molecule has 4 aliphatic rings. The number of thioether (sulfide) groups is 4. The fraction of sp³-hybridized carbons (Fsp3) is 0. The molecule has 0 saturated carbocycles. The van der Waals surface area contributed by atoms with Crippen molar-refractivity contribution in [2.24, 2.45) is 0 Å². The fourth-order valence-electron chi connectivity index (χ4n) is 2.44. The molecule has 0 spiro atoms. The maximum Gasteiger partial charge on any atom is 0.0493 e. The lowest BCUT2D eigenvalue weighted by atomic mass is 10.1. The molecule has 2 aliphatic carbocycles. The van der Waals surface area contributed by atoms with Crippen LogP contribution in [0.5, 0.6) is 0 Å². The molecule has 0 fully saturated rings. The zero-order chi connectivity index (χ0) is 14.8. The summed E-state index contributed by atoms with van der Waals surface area (Å²) < 4.78 is 2.67. The van der Waals surface area contributed by atoms with Gasteiger partial charge in [0.15, 0.2) is 0 Å². The van der Waals surface area contributed by atoms with Gasteiger partial charge in [-0.05, 0) is 62.1 Å². The fourth-order valence-corrected chi connectivity index (χ4v) is 5.75. The van der Waals surface area contributed by atoms with Crippen molar-refractivity contribution in [3.8, 4) is 11.1 Å². The standard InChI is InChI=1S/C18H12S4/c1-2-4-15-13(11-17-19-6-7-20-17)10-14(16(15)5-3-1)12-18-21-8-9-22-18/h1-12H. The van der Waals surface area contributed by atoms with E-state index < -0.39 is 0 Å². The summed E-state index contributed by atoms with van der Waals surface area (Å²) in [4.78, 5) is 0. The molecule has 0 aromatic rings. The molecule has 0 aromatic heterocycles. The molecule has 0 bridgehead atoms. The summed E-state index contributed by atoms with van der Waals surface area (Å²) in [5.41, 5.74) is 5.24. The van der Waals surface area contributed by atoms with Crippen molar-refractivity contribution in [2.45, 2.75) is 0 Å². The molecule has 0 unspecified atom stereocenters. The first-order valence-corrected chi connectivity index (χ1v) is 10.3. The van der Waals surface area contributed by atoms with E-state index in [-0.39, 0.29) is 0 Å². The molecule has 0 amide bonds. The van der Waals surface area contributed by atoms with Crippen LogP contribution < -0.4 is 0 Å². The molecule has 2 aliphatic heterocycles. The van der Waals surface area contributed by atoms with E-state index in [4.69, 9.17) is 0 Å². The predicted octanol–water partition coefficient (Wildman–Crippen LogP) is 7.29. The second-order valence-electron chi connectivity index (χ2n) is 4.74. The van der Waals surface area contributed by atoms with Gasteiger partial charge in [-0.3, -0.25) is 0 Å². The van der Waals surface area contributed by atoms with Gasteiger partial charge in [-0.25, -0.2) is 0 Å². The van der Waals surface area contributed by atoms with Crippen LogP contribution in [0.25, 0.3) is 23.3 Å². The van der Waals surface area contributed by atoms with Crippen molar-refractivity contribution in [1.29, 1.82) is 0 Å². The first-order chi connectivity index (χ1) is 10.9. The summed E-state index contributed by atoms with van der Waals surface area (Å²) in [5.74, 6) is 0. The first-order valence-electron chi connectivity index (χ1n) is 6.82. The van der Waals surface area contributed by atoms with Gasteiger partial charge >= 0.3 is 0 Å². The van der Waals surface area contributed by atoms with Crippen LogP contribution in [0, 0.1) is 0 Å². The maximum atomic E-state index is 2.31. The highest BCUT2D eigenvalue weighted by atomic mass is 32.2. The van der Waals surface area contributed by atoms with Gasteiger partial charge in [-0.15, -0.1) is 0 Å². The van der Waals surface area contributed by atoms with Crippen LogP contribution in [0.3, 0.4) is 0 Å². The minimum absolute atomic E-state index is 1.30. The lowest BCUT2D eigenvalue weighted by Gasteiger charge is -1.99. The van der Waals surface area contributed by atoms with E-state index in [2.05, 4.69) is 70.2 Å². The first kappa shape index (κ1) is 14.6. The largest absolute Gasteiger partial charge is 0.0902 e. The molecular weight excluding hydrogens is 344 g/mol. The average Bonchev–Trinajstić information content (AvgIpc) is 3.22. The highest BCUT2D eigenvalue weighted by Gasteiger charge is 2.14. The van der Waals surface area contributed by atoms with Crippen molar-refractivity contribution >= 4 is 59.2 Å². The highest BCUT2D eigenvalue weighted by molar-refractivity contribution is 8.28. The Kier molecular flexibility index (Phi) is 4.44. The van der Waals surface area contributed by atoms with E-state index >= 15 is 0 Å². The van der Waals surface area contributed by atoms with Crippen molar-refractivity contribution in [3.05, 3.63) is 77.6 Å². The molecule has 4 heteroatoms. The van der Waals surface area contributed by atoms with Gasteiger partial charge in [-0.2, -0.15) is 0 Å². The Labute approximate surface area is 147 Å². The van der Waals surface area contributed by atoms with Crippen LogP contribution >= 0.6 is 47.0 Å². The van der Waals surface area contributed by atoms with Gasteiger partial charge in [-0.1, -0.05) is 77.4 Å². The Morgan fingerprint density at radius 3 is 1.50 bits per heavy atom. The van der Waals surface area contributed by atoms with E-state index in [9.17, 15) is 0 Å².